The van der Waals surface area contributed by atoms with Gasteiger partial charge in [-0.25, -0.2) is 9.97 Å². The number of hydrogen-bond acceptors (Lipinski definition) is 5. The highest BCUT2D eigenvalue weighted by Gasteiger charge is 2.16. The monoisotopic (exact) mass is 270 g/mol. The van der Waals surface area contributed by atoms with Gasteiger partial charge in [0.15, 0.2) is 11.6 Å². The van der Waals surface area contributed by atoms with Crippen LogP contribution < -0.4 is 11.1 Å². The zero-order chi connectivity index (χ0) is 13.8. The van der Waals surface area contributed by atoms with E-state index in [9.17, 15) is 0 Å². The third-order valence-corrected chi connectivity index (χ3v) is 3.39. The molecule has 104 valence electrons. The molecule has 1 unspecified atom stereocenters. The van der Waals surface area contributed by atoms with Gasteiger partial charge in [0.25, 0.3) is 0 Å². The summed E-state index contributed by atoms with van der Waals surface area (Å²) in [4.78, 5) is 8.76. The molecule has 0 saturated carbocycles. The van der Waals surface area contributed by atoms with Crippen LogP contribution in [0.25, 0.3) is 11.3 Å². The predicted octanol–water partition coefficient (Wildman–Crippen LogP) is 2.32. The van der Waals surface area contributed by atoms with Crippen molar-refractivity contribution in [3.05, 3.63) is 36.5 Å². The van der Waals surface area contributed by atoms with Crippen molar-refractivity contribution in [2.45, 2.75) is 18.9 Å². The number of nitrogens with two attached hydrogens (primary N) is 1. The van der Waals surface area contributed by atoms with E-state index in [0.717, 1.165) is 37.3 Å². The Hall–Kier alpha value is -2.14. The van der Waals surface area contributed by atoms with Gasteiger partial charge in [-0.3, -0.25) is 0 Å². The summed E-state index contributed by atoms with van der Waals surface area (Å²) in [6, 6.07) is 9.94. The lowest BCUT2D eigenvalue weighted by molar-refractivity contribution is 0.120. The van der Waals surface area contributed by atoms with Crippen molar-refractivity contribution in [1.82, 2.24) is 9.97 Å². The van der Waals surface area contributed by atoms with Crippen LogP contribution in [0.15, 0.2) is 36.5 Å². The van der Waals surface area contributed by atoms with E-state index >= 15 is 0 Å². The summed E-state index contributed by atoms with van der Waals surface area (Å²) in [5.41, 5.74) is 7.72. The van der Waals surface area contributed by atoms with Crippen molar-refractivity contribution >= 4 is 11.6 Å². The Labute approximate surface area is 118 Å². The Morgan fingerprint density at radius 3 is 2.90 bits per heavy atom. The average molecular weight is 270 g/mol. The fraction of sp³-hybridized carbons (Fsp3) is 0.333. The molecule has 1 aromatic heterocycles. The number of nitrogen functional groups attached to an aromatic ring is 1. The van der Waals surface area contributed by atoms with Crippen molar-refractivity contribution in [3.8, 4) is 11.3 Å². The molecule has 1 atom stereocenters. The summed E-state index contributed by atoms with van der Waals surface area (Å²) in [5, 5.41) is 3.24. The Kier molecular flexibility index (Phi) is 3.78. The second-order valence-corrected chi connectivity index (χ2v) is 4.87. The van der Waals surface area contributed by atoms with Gasteiger partial charge in [0.2, 0.25) is 0 Å². The number of nitrogens with one attached hydrogen (secondary N) is 1. The van der Waals surface area contributed by atoms with Crippen LogP contribution in [-0.4, -0.2) is 29.2 Å². The zero-order valence-electron chi connectivity index (χ0n) is 11.2. The van der Waals surface area contributed by atoms with Crippen LogP contribution >= 0.6 is 0 Å². The number of ether oxygens (including phenoxy) is 1. The van der Waals surface area contributed by atoms with E-state index in [1.165, 1.54) is 0 Å². The molecule has 5 nitrogen and oxygen atoms in total. The zero-order valence-corrected chi connectivity index (χ0v) is 11.2. The van der Waals surface area contributed by atoms with Gasteiger partial charge in [0.1, 0.15) is 0 Å². The fourth-order valence-corrected chi connectivity index (χ4v) is 2.29. The van der Waals surface area contributed by atoms with E-state index < -0.39 is 0 Å². The standard InChI is InChI=1S/C15H18N4O/c16-14-15(18-9-12-7-4-8-20-12)19-13(10-17-14)11-5-2-1-3-6-11/h1-3,5-6,10,12H,4,7-9H2,(H2,16,17)(H,18,19). The Bertz CT molecular complexity index is 567. The molecule has 0 radical (unpaired) electrons. The van der Waals surface area contributed by atoms with Gasteiger partial charge in [0.05, 0.1) is 18.0 Å². The first kappa shape index (κ1) is 12.9. The quantitative estimate of drug-likeness (QED) is 0.892. The highest BCUT2D eigenvalue weighted by molar-refractivity contribution is 5.65. The highest BCUT2D eigenvalue weighted by atomic mass is 16.5. The van der Waals surface area contributed by atoms with Crippen molar-refractivity contribution < 1.29 is 4.74 Å². The van der Waals surface area contributed by atoms with Crippen LogP contribution in [0, 0.1) is 0 Å². The van der Waals surface area contributed by atoms with E-state index in [-0.39, 0.29) is 6.10 Å². The number of hydrogen-bond donors (Lipinski definition) is 2. The predicted molar refractivity (Wildman–Crippen MR) is 79.3 cm³/mol. The lowest BCUT2D eigenvalue weighted by Gasteiger charge is -2.13. The minimum absolute atomic E-state index is 0.247. The van der Waals surface area contributed by atoms with Gasteiger partial charge in [-0.2, -0.15) is 0 Å². The molecular weight excluding hydrogens is 252 g/mol. The third-order valence-electron chi connectivity index (χ3n) is 3.39. The van der Waals surface area contributed by atoms with Crippen molar-refractivity contribution in [2.24, 2.45) is 0 Å². The van der Waals surface area contributed by atoms with Crippen molar-refractivity contribution in [2.75, 3.05) is 24.2 Å². The van der Waals surface area contributed by atoms with Crippen LogP contribution in [0.5, 0.6) is 0 Å². The van der Waals surface area contributed by atoms with Crippen LogP contribution in [0.3, 0.4) is 0 Å². The molecule has 3 N–H and O–H groups in total. The number of nitrogens with zero attached hydrogens (tertiary/aromatic N) is 2. The smallest absolute Gasteiger partial charge is 0.169 e. The molecule has 2 aromatic rings. The van der Waals surface area contributed by atoms with Crippen LogP contribution in [0.4, 0.5) is 11.6 Å². The summed E-state index contributed by atoms with van der Waals surface area (Å²) in [6.45, 7) is 1.56. The molecule has 5 heteroatoms. The third kappa shape index (κ3) is 2.88. The molecule has 20 heavy (non-hydrogen) atoms. The fourth-order valence-electron chi connectivity index (χ4n) is 2.29. The first-order valence-corrected chi connectivity index (χ1v) is 6.86. The van der Waals surface area contributed by atoms with Gasteiger partial charge in [-0.1, -0.05) is 30.3 Å². The Balaban J connectivity index is 1.76. The van der Waals surface area contributed by atoms with Crippen LogP contribution in [0.2, 0.25) is 0 Å². The van der Waals surface area contributed by atoms with Gasteiger partial charge in [-0.15, -0.1) is 0 Å². The van der Waals surface area contributed by atoms with E-state index in [0.29, 0.717) is 11.6 Å². The summed E-state index contributed by atoms with van der Waals surface area (Å²) in [6.07, 6.45) is 4.15. The molecular formula is C15H18N4O. The van der Waals surface area contributed by atoms with E-state index in [1.54, 1.807) is 6.20 Å². The molecule has 0 bridgehead atoms. The Morgan fingerprint density at radius 1 is 1.30 bits per heavy atom. The van der Waals surface area contributed by atoms with Crippen molar-refractivity contribution in [3.63, 3.8) is 0 Å². The van der Waals surface area contributed by atoms with Crippen LogP contribution in [0.1, 0.15) is 12.8 Å². The molecule has 0 aliphatic carbocycles. The number of aromatic nitrogens is 2. The van der Waals surface area contributed by atoms with E-state index in [1.807, 2.05) is 30.3 Å². The molecule has 1 aliphatic rings. The molecule has 1 aromatic carbocycles. The molecule has 0 amide bonds. The molecule has 2 heterocycles. The van der Waals surface area contributed by atoms with Gasteiger partial charge in [0, 0.05) is 18.7 Å². The van der Waals surface area contributed by atoms with Gasteiger partial charge >= 0.3 is 0 Å². The maximum Gasteiger partial charge on any atom is 0.169 e. The Morgan fingerprint density at radius 2 is 2.15 bits per heavy atom. The number of anilines is 2. The average Bonchev–Trinajstić information content (AvgIpc) is 3.01. The van der Waals surface area contributed by atoms with Gasteiger partial charge in [-0.05, 0) is 12.8 Å². The molecule has 1 saturated heterocycles. The SMILES string of the molecule is Nc1ncc(-c2ccccc2)nc1NCC1CCCO1. The lowest BCUT2D eigenvalue weighted by Crippen LogP contribution is -2.20. The lowest BCUT2D eigenvalue weighted by atomic mass is 10.2. The number of benzene rings is 1. The van der Waals surface area contributed by atoms with Crippen LogP contribution in [-0.2, 0) is 4.74 Å². The molecule has 1 aliphatic heterocycles. The van der Waals surface area contributed by atoms with Gasteiger partial charge < -0.3 is 15.8 Å². The minimum Gasteiger partial charge on any atom is -0.381 e. The van der Waals surface area contributed by atoms with E-state index in [2.05, 4.69) is 15.3 Å². The van der Waals surface area contributed by atoms with E-state index in [4.69, 9.17) is 10.5 Å². The first-order valence-electron chi connectivity index (χ1n) is 6.86. The maximum absolute atomic E-state index is 5.88. The topological polar surface area (TPSA) is 73.1 Å². The van der Waals surface area contributed by atoms with Crippen molar-refractivity contribution in [1.29, 1.82) is 0 Å². The number of rotatable bonds is 4. The largest absolute Gasteiger partial charge is 0.381 e. The molecule has 0 spiro atoms. The molecule has 1 fully saturated rings. The summed E-state index contributed by atoms with van der Waals surface area (Å²) >= 11 is 0. The summed E-state index contributed by atoms with van der Waals surface area (Å²) in [7, 11) is 0. The first-order chi connectivity index (χ1) is 9.83. The molecule has 3 rings (SSSR count). The highest BCUT2D eigenvalue weighted by Crippen LogP contribution is 2.21. The minimum atomic E-state index is 0.247. The maximum atomic E-state index is 5.88. The normalized spacial score (nSPS) is 18.1. The summed E-state index contributed by atoms with van der Waals surface area (Å²) in [5.74, 6) is 1.05. The summed E-state index contributed by atoms with van der Waals surface area (Å²) < 4.78 is 5.58. The second-order valence-electron chi connectivity index (χ2n) is 4.87. The second kappa shape index (κ2) is 5.88.